The lowest BCUT2D eigenvalue weighted by molar-refractivity contribution is -0.385. The first-order valence-electron chi connectivity index (χ1n) is 6.37. The SMILES string of the molecule is Cc1ccc(NCc2ccccc2CN)cc1[N+](=O)[O-]. The second kappa shape index (κ2) is 6.16. The van der Waals surface area contributed by atoms with Crippen molar-refractivity contribution in [3.8, 4) is 0 Å². The Morgan fingerprint density at radius 1 is 1.20 bits per heavy atom. The van der Waals surface area contributed by atoms with Crippen LogP contribution in [-0.4, -0.2) is 4.92 Å². The summed E-state index contributed by atoms with van der Waals surface area (Å²) in [5.74, 6) is 0. The van der Waals surface area contributed by atoms with Crippen molar-refractivity contribution in [2.45, 2.75) is 20.0 Å². The van der Waals surface area contributed by atoms with E-state index in [-0.39, 0.29) is 10.6 Å². The van der Waals surface area contributed by atoms with Gasteiger partial charge in [-0.3, -0.25) is 10.1 Å². The highest BCUT2D eigenvalue weighted by atomic mass is 16.6. The van der Waals surface area contributed by atoms with E-state index in [1.165, 1.54) is 0 Å². The van der Waals surface area contributed by atoms with E-state index in [1.54, 1.807) is 19.1 Å². The Morgan fingerprint density at radius 3 is 2.55 bits per heavy atom. The van der Waals surface area contributed by atoms with Crippen LogP contribution in [0.5, 0.6) is 0 Å². The summed E-state index contributed by atoms with van der Waals surface area (Å²) in [6, 6.07) is 13.0. The maximum Gasteiger partial charge on any atom is 0.274 e. The summed E-state index contributed by atoms with van der Waals surface area (Å²) in [6.45, 7) is 2.80. The zero-order valence-corrected chi connectivity index (χ0v) is 11.3. The van der Waals surface area contributed by atoms with Gasteiger partial charge in [0.25, 0.3) is 5.69 Å². The van der Waals surface area contributed by atoms with Gasteiger partial charge in [-0.05, 0) is 24.1 Å². The highest BCUT2D eigenvalue weighted by Gasteiger charge is 2.10. The molecule has 0 aliphatic carbocycles. The molecule has 0 atom stereocenters. The van der Waals surface area contributed by atoms with E-state index in [0.717, 1.165) is 16.8 Å². The van der Waals surface area contributed by atoms with Crippen molar-refractivity contribution in [2.75, 3.05) is 5.32 Å². The van der Waals surface area contributed by atoms with E-state index in [2.05, 4.69) is 5.32 Å². The van der Waals surface area contributed by atoms with Crippen LogP contribution in [0.3, 0.4) is 0 Å². The van der Waals surface area contributed by atoms with E-state index >= 15 is 0 Å². The lowest BCUT2D eigenvalue weighted by Gasteiger charge is -2.10. The molecule has 3 N–H and O–H groups in total. The molecule has 0 saturated heterocycles. The lowest BCUT2D eigenvalue weighted by Crippen LogP contribution is -2.06. The summed E-state index contributed by atoms with van der Waals surface area (Å²) in [5, 5.41) is 14.1. The summed E-state index contributed by atoms with van der Waals surface area (Å²) in [4.78, 5) is 10.5. The molecular formula is C15H17N3O2. The number of nitrogens with zero attached hydrogens (tertiary/aromatic N) is 1. The Bertz CT molecular complexity index is 626. The minimum absolute atomic E-state index is 0.127. The molecule has 2 aromatic rings. The van der Waals surface area contributed by atoms with E-state index in [0.29, 0.717) is 18.7 Å². The van der Waals surface area contributed by atoms with Crippen molar-refractivity contribution in [2.24, 2.45) is 5.73 Å². The normalized spacial score (nSPS) is 10.3. The van der Waals surface area contributed by atoms with Crippen LogP contribution in [0.25, 0.3) is 0 Å². The Kier molecular flexibility index (Phi) is 4.32. The molecular weight excluding hydrogens is 254 g/mol. The zero-order chi connectivity index (χ0) is 14.5. The van der Waals surface area contributed by atoms with Gasteiger partial charge in [0, 0.05) is 30.4 Å². The predicted molar refractivity (Wildman–Crippen MR) is 79.5 cm³/mol. The van der Waals surface area contributed by atoms with Gasteiger partial charge >= 0.3 is 0 Å². The van der Waals surface area contributed by atoms with Crippen molar-refractivity contribution in [1.29, 1.82) is 0 Å². The fourth-order valence-electron chi connectivity index (χ4n) is 2.04. The van der Waals surface area contributed by atoms with Gasteiger partial charge in [0.2, 0.25) is 0 Å². The highest BCUT2D eigenvalue weighted by Crippen LogP contribution is 2.23. The van der Waals surface area contributed by atoms with Crippen LogP contribution in [0.2, 0.25) is 0 Å². The Labute approximate surface area is 117 Å². The smallest absolute Gasteiger partial charge is 0.274 e. The third-order valence-electron chi connectivity index (χ3n) is 3.23. The van der Waals surface area contributed by atoms with Gasteiger partial charge < -0.3 is 11.1 Å². The number of nitrogens with one attached hydrogen (secondary N) is 1. The van der Waals surface area contributed by atoms with E-state index in [4.69, 9.17) is 5.73 Å². The summed E-state index contributed by atoms with van der Waals surface area (Å²) in [7, 11) is 0. The van der Waals surface area contributed by atoms with Gasteiger partial charge in [-0.2, -0.15) is 0 Å². The first-order chi connectivity index (χ1) is 9.61. The molecule has 20 heavy (non-hydrogen) atoms. The van der Waals surface area contributed by atoms with Crippen LogP contribution in [-0.2, 0) is 13.1 Å². The monoisotopic (exact) mass is 271 g/mol. The van der Waals surface area contributed by atoms with Gasteiger partial charge in [-0.1, -0.05) is 30.3 Å². The maximum absolute atomic E-state index is 10.9. The molecule has 0 aliphatic heterocycles. The number of anilines is 1. The fourth-order valence-corrected chi connectivity index (χ4v) is 2.04. The molecule has 0 fully saturated rings. The molecule has 104 valence electrons. The lowest BCUT2D eigenvalue weighted by atomic mass is 10.1. The van der Waals surface area contributed by atoms with E-state index < -0.39 is 0 Å². The molecule has 0 bridgehead atoms. The van der Waals surface area contributed by atoms with Crippen molar-refractivity contribution in [3.05, 3.63) is 69.3 Å². The number of nitro groups is 1. The molecule has 2 aromatic carbocycles. The predicted octanol–water partition coefficient (Wildman–Crippen LogP) is 2.97. The minimum atomic E-state index is -0.367. The molecule has 0 spiro atoms. The van der Waals surface area contributed by atoms with Gasteiger partial charge in [0.1, 0.15) is 0 Å². The molecule has 0 amide bonds. The number of nitro benzene ring substituents is 1. The average Bonchev–Trinajstić information content (AvgIpc) is 2.46. The van der Waals surface area contributed by atoms with E-state index in [1.807, 2.05) is 30.3 Å². The van der Waals surface area contributed by atoms with Gasteiger partial charge in [-0.15, -0.1) is 0 Å². The van der Waals surface area contributed by atoms with Gasteiger partial charge in [-0.25, -0.2) is 0 Å². The number of hydrogen-bond acceptors (Lipinski definition) is 4. The van der Waals surface area contributed by atoms with Crippen LogP contribution in [0.15, 0.2) is 42.5 Å². The second-order valence-corrected chi connectivity index (χ2v) is 4.58. The van der Waals surface area contributed by atoms with Gasteiger partial charge in [0.15, 0.2) is 0 Å². The summed E-state index contributed by atoms with van der Waals surface area (Å²) in [5.41, 5.74) is 9.37. The van der Waals surface area contributed by atoms with Crippen molar-refractivity contribution in [1.82, 2.24) is 0 Å². The fraction of sp³-hybridized carbons (Fsp3) is 0.200. The van der Waals surface area contributed by atoms with E-state index in [9.17, 15) is 10.1 Å². The van der Waals surface area contributed by atoms with Gasteiger partial charge in [0.05, 0.1) is 4.92 Å². The molecule has 0 radical (unpaired) electrons. The van der Waals surface area contributed by atoms with Crippen LogP contribution < -0.4 is 11.1 Å². The summed E-state index contributed by atoms with van der Waals surface area (Å²) in [6.07, 6.45) is 0. The van der Waals surface area contributed by atoms with Crippen molar-refractivity contribution < 1.29 is 4.92 Å². The van der Waals surface area contributed by atoms with Crippen LogP contribution >= 0.6 is 0 Å². The molecule has 5 heteroatoms. The third-order valence-corrected chi connectivity index (χ3v) is 3.23. The molecule has 0 heterocycles. The standard InChI is InChI=1S/C15H17N3O2/c1-11-6-7-14(8-15(11)18(19)20)17-10-13-5-3-2-4-12(13)9-16/h2-8,17H,9-10,16H2,1H3. The highest BCUT2D eigenvalue weighted by molar-refractivity contribution is 5.55. The second-order valence-electron chi connectivity index (χ2n) is 4.58. The molecule has 5 nitrogen and oxygen atoms in total. The average molecular weight is 271 g/mol. The first-order valence-corrected chi connectivity index (χ1v) is 6.37. The first kappa shape index (κ1) is 14.0. The molecule has 2 rings (SSSR count). The minimum Gasteiger partial charge on any atom is -0.381 e. The Balaban J connectivity index is 2.15. The van der Waals surface area contributed by atoms with Crippen molar-refractivity contribution >= 4 is 11.4 Å². The number of rotatable bonds is 5. The number of nitrogens with two attached hydrogens (primary N) is 1. The Hall–Kier alpha value is -2.40. The maximum atomic E-state index is 10.9. The molecule has 0 aromatic heterocycles. The van der Waals surface area contributed by atoms with Crippen molar-refractivity contribution in [3.63, 3.8) is 0 Å². The molecule has 0 unspecified atom stereocenters. The number of benzene rings is 2. The zero-order valence-electron chi connectivity index (χ0n) is 11.3. The topological polar surface area (TPSA) is 81.2 Å². The van der Waals surface area contributed by atoms with Crippen LogP contribution in [0.1, 0.15) is 16.7 Å². The number of hydrogen-bond donors (Lipinski definition) is 2. The van der Waals surface area contributed by atoms with Crippen LogP contribution in [0, 0.1) is 17.0 Å². The molecule has 0 saturated carbocycles. The molecule has 0 aliphatic rings. The number of aryl methyl sites for hydroxylation is 1. The summed E-state index contributed by atoms with van der Waals surface area (Å²) < 4.78 is 0. The largest absolute Gasteiger partial charge is 0.381 e. The Morgan fingerprint density at radius 2 is 1.90 bits per heavy atom. The quantitative estimate of drug-likeness (QED) is 0.647. The van der Waals surface area contributed by atoms with Crippen LogP contribution in [0.4, 0.5) is 11.4 Å². The third kappa shape index (κ3) is 3.13. The summed E-state index contributed by atoms with van der Waals surface area (Å²) >= 11 is 0.